The number of sulfone groups is 1. The van der Waals surface area contributed by atoms with Crippen molar-refractivity contribution >= 4 is 15.9 Å². The molecule has 0 aromatic heterocycles. The van der Waals surface area contributed by atoms with Crippen molar-refractivity contribution in [3.63, 3.8) is 0 Å². The van der Waals surface area contributed by atoms with Crippen LogP contribution < -0.4 is 5.32 Å². The van der Waals surface area contributed by atoms with Gasteiger partial charge in [0.25, 0.3) is 0 Å². The highest BCUT2D eigenvalue weighted by molar-refractivity contribution is 7.91. The molecule has 6 heteroatoms. The van der Waals surface area contributed by atoms with Crippen molar-refractivity contribution in [2.45, 2.75) is 25.4 Å². The summed E-state index contributed by atoms with van der Waals surface area (Å²) >= 11 is 0. The number of carbonyl (C=O) groups excluding carboxylic acids is 1. The van der Waals surface area contributed by atoms with Crippen LogP contribution in [-0.4, -0.2) is 43.4 Å². The summed E-state index contributed by atoms with van der Waals surface area (Å²) in [4.78, 5) is 14.0. The second-order valence-electron chi connectivity index (χ2n) is 5.49. The standard InChI is InChI=1S/C14H18N2O3S/c17-14(15-13-6-8-20(18,19)10-13)16-7-5-11-3-1-2-4-12(11)9-16/h1-4,13H,5-10H2,(H,15,17)/t13-/m1/s1. The summed E-state index contributed by atoms with van der Waals surface area (Å²) in [6.45, 7) is 1.28. The van der Waals surface area contributed by atoms with E-state index in [1.807, 2.05) is 18.2 Å². The molecule has 1 aromatic rings. The maximum absolute atomic E-state index is 12.2. The van der Waals surface area contributed by atoms with Gasteiger partial charge in [-0.2, -0.15) is 0 Å². The molecule has 0 saturated carbocycles. The molecule has 2 amide bonds. The van der Waals surface area contributed by atoms with Crippen LogP contribution in [0.5, 0.6) is 0 Å². The van der Waals surface area contributed by atoms with Crippen molar-refractivity contribution in [2.75, 3.05) is 18.1 Å². The summed E-state index contributed by atoms with van der Waals surface area (Å²) in [5.41, 5.74) is 2.47. The summed E-state index contributed by atoms with van der Waals surface area (Å²) in [5, 5.41) is 2.84. The Kier molecular flexibility index (Phi) is 3.41. The molecule has 2 heterocycles. The molecule has 0 radical (unpaired) electrons. The molecule has 1 aromatic carbocycles. The van der Waals surface area contributed by atoms with Crippen molar-refractivity contribution in [3.8, 4) is 0 Å². The first kappa shape index (κ1) is 13.4. The third-order valence-corrected chi connectivity index (χ3v) is 5.75. The highest BCUT2D eigenvalue weighted by Gasteiger charge is 2.30. The average Bonchev–Trinajstić information content (AvgIpc) is 2.77. The summed E-state index contributed by atoms with van der Waals surface area (Å²) < 4.78 is 22.8. The lowest BCUT2D eigenvalue weighted by Crippen LogP contribution is -2.47. The molecule has 5 nitrogen and oxygen atoms in total. The molecule has 1 atom stereocenters. The first-order chi connectivity index (χ1) is 9.53. The predicted molar refractivity (Wildman–Crippen MR) is 76.1 cm³/mol. The molecule has 2 aliphatic heterocycles. The lowest BCUT2D eigenvalue weighted by atomic mass is 10.0. The first-order valence-electron chi connectivity index (χ1n) is 6.86. The average molecular weight is 294 g/mol. The second kappa shape index (κ2) is 5.09. The van der Waals surface area contributed by atoms with Crippen LogP contribution in [0.3, 0.4) is 0 Å². The molecule has 0 unspecified atom stereocenters. The second-order valence-corrected chi connectivity index (χ2v) is 7.72. The normalized spacial score (nSPS) is 24.2. The molecule has 3 rings (SSSR count). The van der Waals surface area contributed by atoms with Crippen LogP contribution in [-0.2, 0) is 22.8 Å². The summed E-state index contributed by atoms with van der Waals surface area (Å²) in [7, 11) is -2.95. The number of fused-ring (bicyclic) bond motifs is 1. The molecule has 2 aliphatic rings. The topological polar surface area (TPSA) is 66.5 Å². The fraction of sp³-hybridized carbons (Fsp3) is 0.500. The zero-order valence-corrected chi connectivity index (χ0v) is 12.0. The van der Waals surface area contributed by atoms with Crippen molar-refractivity contribution < 1.29 is 13.2 Å². The maximum atomic E-state index is 12.2. The number of nitrogens with zero attached hydrogens (tertiary/aromatic N) is 1. The minimum absolute atomic E-state index is 0.0726. The van der Waals surface area contributed by atoms with E-state index in [-0.39, 0.29) is 23.6 Å². The number of hydrogen-bond donors (Lipinski definition) is 1. The number of amides is 2. The van der Waals surface area contributed by atoms with Crippen LogP contribution in [0.1, 0.15) is 17.5 Å². The zero-order chi connectivity index (χ0) is 14.2. The maximum Gasteiger partial charge on any atom is 0.317 e. The fourth-order valence-corrected chi connectivity index (χ4v) is 4.52. The van der Waals surface area contributed by atoms with E-state index in [1.54, 1.807) is 4.90 Å². The molecular weight excluding hydrogens is 276 g/mol. The number of hydrogen-bond acceptors (Lipinski definition) is 3. The van der Waals surface area contributed by atoms with E-state index in [2.05, 4.69) is 11.4 Å². The molecule has 1 saturated heterocycles. The zero-order valence-electron chi connectivity index (χ0n) is 11.2. The largest absolute Gasteiger partial charge is 0.334 e. The van der Waals surface area contributed by atoms with Crippen molar-refractivity contribution in [2.24, 2.45) is 0 Å². The van der Waals surface area contributed by atoms with Gasteiger partial charge in [0, 0.05) is 19.1 Å². The molecule has 0 bridgehead atoms. The Hall–Kier alpha value is -1.56. The fourth-order valence-electron chi connectivity index (χ4n) is 2.84. The van der Waals surface area contributed by atoms with Crippen molar-refractivity contribution in [3.05, 3.63) is 35.4 Å². The van der Waals surface area contributed by atoms with E-state index in [9.17, 15) is 13.2 Å². The van der Waals surface area contributed by atoms with Crippen molar-refractivity contribution in [1.29, 1.82) is 0 Å². The number of rotatable bonds is 1. The van der Waals surface area contributed by atoms with Gasteiger partial charge in [-0.3, -0.25) is 0 Å². The lowest BCUT2D eigenvalue weighted by molar-refractivity contribution is 0.189. The number of benzene rings is 1. The molecule has 108 valence electrons. The Balaban J connectivity index is 1.62. The Bertz CT molecular complexity index is 627. The monoisotopic (exact) mass is 294 g/mol. The molecule has 0 aliphatic carbocycles. The minimum atomic E-state index is -2.95. The van der Waals surface area contributed by atoms with E-state index in [4.69, 9.17) is 0 Å². The number of nitrogens with one attached hydrogen (secondary N) is 1. The molecule has 0 spiro atoms. The van der Waals surface area contributed by atoms with Crippen LogP contribution in [0.2, 0.25) is 0 Å². The van der Waals surface area contributed by atoms with Gasteiger partial charge in [0.05, 0.1) is 11.5 Å². The third-order valence-electron chi connectivity index (χ3n) is 3.98. The summed E-state index contributed by atoms with van der Waals surface area (Å²) in [6, 6.07) is 7.73. The highest BCUT2D eigenvalue weighted by Crippen LogP contribution is 2.19. The van der Waals surface area contributed by atoms with Gasteiger partial charge in [-0.15, -0.1) is 0 Å². The summed E-state index contributed by atoms with van der Waals surface area (Å²) in [6.07, 6.45) is 1.38. The van der Waals surface area contributed by atoms with Crippen molar-refractivity contribution in [1.82, 2.24) is 10.2 Å². The third kappa shape index (κ3) is 2.80. The van der Waals surface area contributed by atoms with Gasteiger partial charge >= 0.3 is 6.03 Å². The van der Waals surface area contributed by atoms with Gasteiger partial charge in [0.2, 0.25) is 0 Å². The number of carbonyl (C=O) groups is 1. The highest BCUT2D eigenvalue weighted by atomic mass is 32.2. The van der Waals surface area contributed by atoms with Gasteiger partial charge in [-0.1, -0.05) is 24.3 Å². The van der Waals surface area contributed by atoms with E-state index in [1.165, 1.54) is 11.1 Å². The molecule has 20 heavy (non-hydrogen) atoms. The van der Waals surface area contributed by atoms with Crippen LogP contribution in [0, 0.1) is 0 Å². The minimum Gasteiger partial charge on any atom is -0.334 e. The van der Waals surface area contributed by atoms with E-state index in [0.29, 0.717) is 19.5 Å². The van der Waals surface area contributed by atoms with Gasteiger partial charge in [-0.05, 0) is 24.0 Å². The van der Waals surface area contributed by atoms with E-state index < -0.39 is 9.84 Å². The Morgan fingerprint density at radius 2 is 2.00 bits per heavy atom. The summed E-state index contributed by atoms with van der Waals surface area (Å²) in [5.74, 6) is 0.254. The van der Waals surface area contributed by atoms with Gasteiger partial charge in [0.15, 0.2) is 9.84 Å². The Labute approximate surface area is 118 Å². The van der Waals surface area contributed by atoms with Crippen LogP contribution >= 0.6 is 0 Å². The van der Waals surface area contributed by atoms with Gasteiger partial charge in [-0.25, -0.2) is 13.2 Å². The molecule has 1 N–H and O–H groups in total. The Morgan fingerprint density at radius 1 is 1.25 bits per heavy atom. The molecular formula is C14H18N2O3S. The van der Waals surface area contributed by atoms with Crippen LogP contribution in [0.25, 0.3) is 0 Å². The first-order valence-corrected chi connectivity index (χ1v) is 8.68. The lowest BCUT2D eigenvalue weighted by Gasteiger charge is -2.29. The van der Waals surface area contributed by atoms with Crippen LogP contribution in [0.4, 0.5) is 4.79 Å². The SMILES string of the molecule is O=C(N[C@@H]1CCS(=O)(=O)C1)N1CCc2ccccc2C1. The molecule has 1 fully saturated rings. The van der Waals surface area contributed by atoms with E-state index in [0.717, 1.165) is 6.42 Å². The van der Waals surface area contributed by atoms with E-state index >= 15 is 0 Å². The smallest absolute Gasteiger partial charge is 0.317 e. The Morgan fingerprint density at radius 3 is 2.70 bits per heavy atom. The number of urea groups is 1. The predicted octanol–water partition coefficient (Wildman–Crippen LogP) is 0.941. The quantitative estimate of drug-likeness (QED) is 0.838. The van der Waals surface area contributed by atoms with Gasteiger partial charge < -0.3 is 10.2 Å². The van der Waals surface area contributed by atoms with Gasteiger partial charge in [0.1, 0.15) is 0 Å². The van der Waals surface area contributed by atoms with Crippen LogP contribution in [0.15, 0.2) is 24.3 Å².